The van der Waals surface area contributed by atoms with Gasteiger partial charge in [-0.1, -0.05) is 18.2 Å². The maximum absolute atomic E-state index is 5.57. The van der Waals surface area contributed by atoms with E-state index in [1.807, 2.05) is 0 Å². The summed E-state index contributed by atoms with van der Waals surface area (Å²) in [4.78, 5) is 3.37. The number of hydrogen-bond donors (Lipinski definition) is 2. The zero-order valence-corrected chi connectivity index (χ0v) is 13.5. The van der Waals surface area contributed by atoms with Crippen LogP contribution in [0.3, 0.4) is 0 Å². The van der Waals surface area contributed by atoms with Crippen LogP contribution < -0.4 is 14.8 Å². The topological polar surface area (TPSA) is 46.3 Å². The molecular formula is C20H20N2O2. The van der Waals surface area contributed by atoms with Gasteiger partial charge in [-0.05, 0) is 60.7 Å². The van der Waals surface area contributed by atoms with Crippen molar-refractivity contribution in [1.29, 1.82) is 0 Å². The van der Waals surface area contributed by atoms with E-state index in [4.69, 9.17) is 9.47 Å². The number of aryl methyl sites for hydroxylation is 1. The third-order valence-corrected chi connectivity index (χ3v) is 5.17. The van der Waals surface area contributed by atoms with Gasteiger partial charge in [-0.3, -0.25) is 0 Å². The monoisotopic (exact) mass is 320 g/mol. The minimum absolute atomic E-state index is 0.339. The normalized spacial score (nSPS) is 18.8. The molecule has 0 saturated heterocycles. The van der Waals surface area contributed by atoms with Crippen LogP contribution in [0, 0.1) is 0 Å². The second-order valence-electron chi connectivity index (χ2n) is 6.56. The average molecular weight is 320 g/mol. The minimum atomic E-state index is 0.339. The third-order valence-electron chi connectivity index (χ3n) is 5.17. The van der Waals surface area contributed by atoms with Crippen molar-refractivity contribution in [3.63, 3.8) is 0 Å². The fraction of sp³-hybridized carbons (Fsp3) is 0.300. The van der Waals surface area contributed by atoms with Gasteiger partial charge in [0.15, 0.2) is 11.5 Å². The molecule has 2 N–H and O–H groups in total. The maximum atomic E-state index is 5.57. The first-order valence-electron chi connectivity index (χ1n) is 8.59. The molecule has 0 fully saturated rings. The summed E-state index contributed by atoms with van der Waals surface area (Å²) in [5, 5.41) is 5.00. The average Bonchev–Trinajstić information content (AvgIpc) is 3.24. The second kappa shape index (κ2) is 5.56. The van der Waals surface area contributed by atoms with E-state index in [1.165, 1.54) is 27.6 Å². The van der Waals surface area contributed by atoms with Crippen molar-refractivity contribution >= 4 is 10.9 Å². The number of benzene rings is 2. The van der Waals surface area contributed by atoms with Crippen molar-refractivity contribution in [2.24, 2.45) is 0 Å². The van der Waals surface area contributed by atoms with Crippen LogP contribution in [0.25, 0.3) is 10.9 Å². The molecule has 3 aromatic rings. The van der Waals surface area contributed by atoms with Crippen LogP contribution in [0.4, 0.5) is 0 Å². The molecule has 0 spiro atoms. The van der Waals surface area contributed by atoms with Crippen molar-refractivity contribution in [3.8, 4) is 11.5 Å². The quantitative estimate of drug-likeness (QED) is 0.773. The SMILES string of the molecule is c1ccc2c(CC[C@H]3NCCc4cc5c(cc43)OCO5)c[nH]c2c1. The summed E-state index contributed by atoms with van der Waals surface area (Å²) >= 11 is 0. The largest absolute Gasteiger partial charge is 0.454 e. The summed E-state index contributed by atoms with van der Waals surface area (Å²) in [6.07, 6.45) is 5.33. The molecule has 122 valence electrons. The predicted molar refractivity (Wildman–Crippen MR) is 93.6 cm³/mol. The van der Waals surface area contributed by atoms with E-state index < -0.39 is 0 Å². The summed E-state index contributed by atoms with van der Waals surface area (Å²) < 4.78 is 11.1. The molecule has 0 radical (unpaired) electrons. The van der Waals surface area contributed by atoms with Gasteiger partial charge in [0, 0.05) is 23.1 Å². The Balaban J connectivity index is 1.41. The summed E-state index contributed by atoms with van der Waals surface area (Å²) in [5.41, 5.74) is 5.36. The lowest BCUT2D eigenvalue weighted by Crippen LogP contribution is -2.30. The van der Waals surface area contributed by atoms with E-state index in [0.29, 0.717) is 12.8 Å². The molecule has 0 bridgehead atoms. The van der Waals surface area contributed by atoms with Gasteiger partial charge in [-0.2, -0.15) is 0 Å². The van der Waals surface area contributed by atoms with Gasteiger partial charge in [-0.15, -0.1) is 0 Å². The summed E-state index contributed by atoms with van der Waals surface area (Å²) in [6.45, 7) is 1.36. The highest BCUT2D eigenvalue weighted by atomic mass is 16.7. The summed E-state index contributed by atoms with van der Waals surface area (Å²) in [6, 6.07) is 13.2. The first-order valence-corrected chi connectivity index (χ1v) is 8.59. The highest BCUT2D eigenvalue weighted by Gasteiger charge is 2.24. The number of rotatable bonds is 3. The Morgan fingerprint density at radius 3 is 2.92 bits per heavy atom. The number of para-hydroxylation sites is 1. The molecule has 2 aliphatic rings. The number of aromatic amines is 1. The molecule has 0 aliphatic carbocycles. The highest BCUT2D eigenvalue weighted by Crippen LogP contribution is 2.39. The van der Waals surface area contributed by atoms with E-state index in [9.17, 15) is 0 Å². The van der Waals surface area contributed by atoms with Gasteiger partial charge in [0.05, 0.1) is 0 Å². The van der Waals surface area contributed by atoms with Crippen LogP contribution >= 0.6 is 0 Å². The minimum Gasteiger partial charge on any atom is -0.454 e. The lowest BCUT2D eigenvalue weighted by molar-refractivity contribution is 0.174. The molecule has 5 rings (SSSR count). The summed E-state index contributed by atoms with van der Waals surface area (Å²) in [5.74, 6) is 1.78. The number of hydrogen-bond acceptors (Lipinski definition) is 3. The Morgan fingerprint density at radius 1 is 1.08 bits per heavy atom. The van der Waals surface area contributed by atoms with Crippen molar-refractivity contribution in [2.75, 3.05) is 13.3 Å². The first kappa shape index (κ1) is 13.9. The molecule has 1 atom stereocenters. The van der Waals surface area contributed by atoms with Crippen LogP contribution in [0.5, 0.6) is 11.5 Å². The van der Waals surface area contributed by atoms with Gasteiger partial charge in [0.1, 0.15) is 0 Å². The van der Waals surface area contributed by atoms with Crippen molar-refractivity contribution < 1.29 is 9.47 Å². The van der Waals surface area contributed by atoms with E-state index in [0.717, 1.165) is 37.3 Å². The molecule has 0 unspecified atom stereocenters. The number of ether oxygens (including phenoxy) is 2. The fourth-order valence-electron chi connectivity index (χ4n) is 3.93. The van der Waals surface area contributed by atoms with E-state index in [1.54, 1.807) is 0 Å². The van der Waals surface area contributed by atoms with Crippen LogP contribution in [0.1, 0.15) is 29.2 Å². The van der Waals surface area contributed by atoms with Crippen LogP contribution in [-0.2, 0) is 12.8 Å². The Kier molecular flexibility index (Phi) is 3.23. The molecule has 4 nitrogen and oxygen atoms in total. The van der Waals surface area contributed by atoms with Gasteiger partial charge < -0.3 is 19.8 Å². The lowest BCUT2D eigenvalue weighted by atomic mass is 9.90. The van der Waals surface area contributed by atoms with E-state index >= 15 is 0 Å². The van der Waals surface area contributed by atoms with Gasteiger partial charge in [0.2, 0.25) is 6.79 Å². The number of nitrogens with one attached hydrogen (secondary N) is 2. The summed E-state index contributed by atoms with van der Waals surface area (Å²) in [7, 11) is 0. The standard InChI is InChI=1S/C20H20N2O2/c1-2-4-17-15(3-1)14(11-22-17)5-6-18-16-10-20-19(23-12-24-20)9-13(16)7-8-21-18/h1-4,9-11,18,21-22H,5-8,12H2/t18-/m1/s1. The molecule has 2 aromatic carbocycles. The van der Waals surface area contributed by atoms with Crippen molar-refractivity contribution in [1.82, 2.24) is 10.3 Å². The molecule has 0 amide bonds. The molecule has 24 heavy (non-hydrogen) atoms. The Labute approximate surface area is 140 Å². The van der Waals surface area contributed by atoms with Crippen LogP contribution in [0.2, 0.25) is 0 Å². The lowest BCUT2D eigenvalue weighted by Gasteiger charge is -2.27. The molecular weight excluding hydrogens is 300 g/mol. The second-order valence-corrected chi connectivity index (χ2v) is 6.56. The van der Waals surface area contributed by atoms with Crippen LogP contribution in [-0.4, -0.2) is 18.3 Å². The molecule has 0 saturated carbocycles. The molecule has 1 aromatic heterocycles. The zero-order valence-electron chi connectivity index (χ0n) is 13.5. The molecule has 3 heterocycles. The highest BCUT2D eigenvalue weighted by molar-refractivity contribution is 5.83. The fourth-order valence-corrected chi connectivity index (χ4v) is 3.93. The number of H-pyrrole nitrogens is 1. The van der Waals surface area contributed by atoms with Crippen molar-refractivity contribution in [3.05, 3.63) is 59.3 Å². The molecule has 4 heteroatoms. The van der Waals surface area contributed by atoms with E-state index in [-0.39, 0.29) is 0 Å². The number of aromatic nitrogens is 1. The number of fused-ring (bicyclic) bond motifs is 3. The van der Waals surface area contributed by atoms with Gasteiger partial charge >= 0.3 is 0 Å². The zero-order chi connectivity index (χ0) is 15.9. The van der Waals surface area contributed by atoms with Crippen LogP contribution in [0.15, 0.2) is 42.6 Å². The third kappa shape index (κ3) is 2.26. The molecule has 2 aliphatic heterocycles. The van der Waals surface area contributed by atoms with Crippen molar-refractivity contribution in [2.45, 2.75) is 25.3 Å². The first-order chi connectivity index (χ1) is 11.9. The van der Waals surface area contributed by atoms with Gasteiger partial charge in [-0.25, -0.2) is 0 Å². The Hall–Kier alpha value is -2.46. The predicted octanol–water partition coefficient (Wildman–Crippen LogP) is 3.72. The Morgan fingerprint density at radius 2 is 1.96 bits per heavy atom. The Bertz CT molecular complexity index is 900. The smallest absolute Gasteiger partial charge is 0.231 e. The van der Waals surface area contributed by atoms with E-state index in [2.05, 4.69) is 52.9 Å². The van der Waals surface area contributed by atoms with Gasteiger partial charge in [0.25, 0.3) is 0 Å². The maximum Gasteiger partial charge on any atom is 0.231 e.